The summed E-state index contributed by atoms with van der Waals surface area (Å²) < 4.78 is 1.83. The summed E-state index contributed by atoms with van der Waals surface area (Å²) in [5, 5.41) is 0.394. The molecule has 2 nitrogen and oxygen atoms in total. The lowest BCUT2D eigenvalue weighted by Crippen LogP contribution is -2.12. The van der Waals surface area contributed by atoms with Crippen LogP contribution in [0.4, 0.5) is 0 Å². The van der Waals surface area contributed by atoms with E-state index in [1.807, 2.05) is 16.2 Å². The van der Waals surface area contributed by atoms with Gasteiger partial charge in [0, 0.05) is 34.5 Å². The van der Waals surface area contributed by atoms with E-state index in [1.54, 1.807) is 6.08 Å². The van der Waals surface area contributed by atoms with Gasteiger partial charge < -0.3 is 3.93 Å². The lowest BCUT2D eigenvalue weighted by molar-refractivity contribution is -0.112. The first-order valence-corrected chi connectivity index (χ1v) is 4.97. The van der Waals surface area contributed by atoms with E-state index in [0.29, 0.717) is 5.33 Å². The fourth-order valence-electron chi connectivity index (χ4n) is 0.760. The summed E-state index contributed by atoms with van der Waals surface area (Å²) in [5.41, 5.74) is 0.776. The van der Waals surface area contributed by atoms with Crippen molar-refractivity contribution in [3.8, 4) is 0 Å². The highest BCUT2D eigenvalue weighted by Crippen LogP contribution is 2.11. The Kier molecular flexibility index (Phi) is 3.33. The second kappa shape index (κ2) is 4.07. The number of allylic oxidation sites excluding steroid dienone is 2. The molecular formula is C7H7Br2NO. The van der Waals surface area contributed by atoms with Crippen LogP contribution >= 0.6 is 32.1 Å². The van der Waals surface area contributed by atoms with Gasteiger partial charge in [-0.1, -0.05) is 22.0 Å². The maximum atomic E-state index is 11.1. The molecule has 60 valence electrons. The van der Waals surface area contributed by atoms with Gasteiger partial charge in [0.05, 0.1) is 5.33 Å². The third-order valence-corrected chi connectivity index (χ3v) is 2.38. The SMILES string of the molecule is O=C(CBr)C1=CCN(Br)C=C1. The van der Waals surface area contributed by atoms with Crippen molar-refractivity contribution >= 4 is 37.9 Å². The molecule has 0 atom stereocenters. The molecule has 0 N–H and O–H groups in total. The number of hydrogen-bond donors (Lipinski definition) is 0. The summed E-state index contributed by atoms with van der Waals surface area (Å²) in [6, 6.07) is 0. The first-order chi connectivity index (χ1) is 5.24. The summed E-state index contributed by atoms with van der Waals surface area (Å²) in [6.07, 6.45) is 5.51. The Hall–Kier alpha value is -0.0900. The molecule has 0 aliphatic carbocycles. The lowest BCUT2D eigenvalue weighted by atomic mass is 10.1. The molecule has 0 unspecified atom stereocenters. The minimum atomic E-state index is 0.127. The van der Waals surface area contributed by atoms with Gasteiger partial charge >= 0.3 is 0 Å². The van der Waals surface area contributed by atoms with E-state index in [9.17, 15) is 4.79 Å². The van der Waals surface area contributed by atoms with Crippen molar-refractivity contribution in [2.75, 3.05) is 11.9 Å². The largest absolute Gasteiger partial charge is 0.312 e. The van der Waals surface area contributed by atoms with Crippen molar-refractivity contribution in [1.29, 1.82) is 0 Å². The third kappa shape index (κ3) is 2.45. The average Bonchev–Trinajstić information content (AvgIpc) is 2.05. The van der Waals surface area contributed by atoms with Crippen molar-refractivity contribution in [1.82, 2.24) is 3.93 Å². The number of nitrogens with zero attached hydrogens (tertiary/aromatic N) is 1. The van der Waals surface area contributed by atoms with E-state index in [2.05, 4.69) is 32.1 Å². The van der Waals surface area contributed by atoms with Crippen LogP contribution in [0.5, 0.6) is 0 Å². The predicted molar refractivity (Wildman–Crippen MR) is 51.7 cm³/mol. The number of ketones is 1. The summed E-state index contributed by atoms with van der Waals surface area (Å²) in [6.45, 7) is 0.741. The smallest absolute Gasteiger partial charge is 0.173 e. The molecule has 1 aliphatic rings. The van der Waals surface area contributed by atoms with E-state index in [4.69, 9.17) is 0 Å². The van der Waals surface area contributed by atoms with Crippen molar-refractivity contribution in [2.24, 2.45) is 0 Å². The van der Waals surface area contributed by atoms with Crippen LogP contribution in [-0.4, -0.2) is 21.6 Å². The van der Waals surface area contributed by atoms with Gasteiger partial charge in [-0.3, -0.25) is 4.79 Å². The van der Waals surface area contributed by atoms with Crippen LogP contribution in [0.25, 0.3) is 0 Å². The van der Waals surface area contributed by atoms with Gasteiger partial charge in [-0.05, 0) is 6.08 Å². The molecule has 1 heterocycles. The Morgan fingerprint density at radius 1 is 1.73 bits per heavy atom. The van der Waals surface area contributed by atoms with Crippen molar-refractivity contribution in [2.45, 2.75) is 0 Å². The van der Waals surface area contributed by atoms with Gasteiger partial charge in [0.25, 0.3) is 0 Å². The summed E-state index contributed by atoms with van der Waals surface area (Å²) >= 11 is 6.38. The van der Waals surface area contributed by atoms with Gasteiger partial charge in [0.1, 0.15) is 0 Å². The summed E-state index contributed by atoms with van der Waals surface area (Å²) in [4.78, 5) is 11.1. The molecule has 4 heteroatoms. The van der Waals surface area contributed by atoms with Crippen LogP contribution in [0.2, 0.25) is 0 Å². The standard InChI is InChI=1S/C7H7Br2NO/c8-5-7(11)6-1-3-10(9)4-2-6/h1-3H,4-5H2. The maximum absolute atomic E-state index is 11.1. The Morgan fingerprint density at radius 3 is 2.91 bits per heavy atom. The van der Waals surface area contributed by atoms with Gasteiger partial charge in [0.15, 0.2) is 5.78 Å². The Bertz CT molecular complexity index is 222. The zero-order valence-electron chi connectivity index (χ0n) is 5.76. The number of halogens is 2. The van der Waals surface area contributed by atoms with Gasteiger partial charge in [-0.2, -0.15) is 0 Å². The highest BCUT2D eigenvalue weighted by Gasteiger charge is 2.07. The highest BCUT2D eigenvalue weighted by molar-refractivity contribution is 9.09. The fourth-order valence-corrected chi connectivity index (χ4v) is 1.35. The summed E-state index contributed by atoms with van der Waals surface area (Å²) in [5.74, 6) is 0.127. The van der Waals surface area contributed by atoms with Crippen LogP contribution in [0.3, 0.4) is 0 Å². The minimum Gasteiger partial charge on any atom is -0.312 e. The molecule has 11 heavy (non-hydrogen) atoms. The molecule has 0 aromatic heterocycles. The molecule has 0 spiro atoms. The number of alkyl halides is 1. The molecule has 0 aromatic carbocycles. The van der Waals surface area contributed by atoms with E-state index < -0.39 is 0 Å². The molecule has 1 rings (SSSR count). The monoisotopic (exact) mass is 279 g/mol. The first-order valence-electron chi connectivity index (χ1n) is 3.14. The Balaban J connectivity index is 2.63. The number of carbonyl (C=O) groups excluding carboxylic acids is 1. The van der Waals surface area contributed by atoms with Crippen molar-refractivity contribution in [3.05, 3.63) is 23.9 Å². The number of hydrogen-bond acceptors (Lipinski definition) is 2. The van der Waals surface area contributed by atoms with Gasteiger partial charge in [-0.25, -0.2) is 0 Å². The van der Waals surface area contributed by atoms with Crippen LogP contribution in [0.15, 0.2) is 23.9 Å². The molecule has 0 aromatic rings. The van der Waals surface area contributed by atoms with Crippen LogP contribution in [-0.2, 0) is 4.79 Å². The van der Waals surface area contributed by atoms with Gasteiger partial charge in [-0.15, -0.1) is 0 Å². The van der Waals surface area contributed by atoms with Crippen LogP contribution in [0.1, 0.15) is 0 Å². The number of Topliss-reactive ketones (excluding diaryl/α,β-unsaturated/α-hetero) is 1. The minimum absolute atomic E-state index is 0.127. The average molecular weight is 281 g/mol. The Morgan fingerprint density at radius 2 is 2.45 bits per heavy atom. The molecular weight excluding hydrogens is 274 g/mol. The third-order valence-electron chi connectivity index (χ3n) is 1.34. The summed E-state index contributed by atoms with van der Waals surface area (Å²) in [7, 11) is 0. The quantitative estimate of drug-likeness (QED) is 0.570. The first kappa shape index (κ1) is 9.00. The Labute approximate surface area is 82.4 Å². The van der Waals surface area contributed by atoms with Crippen LogP contribution in [0, 0.1) is 0 Å². The normalized spacial score (nSPS) is 16.5. The molecule has 0 bridgehead atoms. The van der Waals surface area contributed by atoms with E-state index in [-0.39, 0.29) is 5.78 Å². The highest BCUT2D eigenvalue weighted by atomic mass is 79.9. The molecule has 0 saturated heterocycles. The second-order valence-corrected chi connectivity index (χ2v) is 3.59. The molecule has 0 fully saturated rings. The molecule has 0 amide bonds. The zero-order chi connectivity index (χ0) is 8.27. The van der Waals surface area contributed by atoms with E-state index in [0.717, 1.165) is 12.1 Å². The molecule has 1 aliphatic heterocycles. The zero-order valence-corrected chi connectivity index (χ0v) is 8.93. The van der Waals surface area contributed by atoms with Crippen molar-refractivity contribution in [3.63, 3.8) is 0 Å². The number of rotatable bonds is 2. The fraction of sp³-hybridized carbons (Fsp3) is 0.286. The maximum Gasteiger partial charge on any atom is 0.173 e. The topological polar surface area (TPSA) is 20.3 Å². The predicted octanol–water partition coefficient (Wildman–Crippen LogP) is 2.02. The molecule has 0 radical (unpaired) electrons. The lowest BCUT2D eigenvalue weighted by Gasteiger charge is -2.13. The van der Waals surface area contributed by atoms with Crippen molar-refractivity contribution < 1.29 is 4.79 Å². The van der Waals surface area contributed by atoms with Crippen LogP contribution < -0.4 is 0 Å². The van der Waals surface area contributed by atoms with E-state index in [1.165, 1.54) is 0 Å². The second-order valence-electron chi connectivity index (χ2n) is 2.11. The molecule has 0 saturated carbocycles. The van der Waals surface area contributed by atoms with E-state index >= 15 is 0 Å². The van der Waals surface area contributed by atoms with Gasteiger partial charge in [0.2, 0.25) is 0 Å². The number of carbonyl (C=O) groups is 1.